The van der Waals surface area contributed by atoms with Gasteiger partial charge >= 0.3 is 6.03 Å². The first-order valence-corrected chi connectivity index (χ1v) is 9.21. The van der Waals surface area contributed by atoms with Gasteiger partial charge in [-0.3, -0.25) is 4.98 Å². The molecule has 2 aromatic rings. The molecule has 1 aromatic carbocycles. The summed E-state index contributed by atoms with van der Waals surface area (Å²) in [7, 11) is 0. The molecular formula is C20H25N3O2. The summed E-state index contributed by atoms with van der Waals surface area (Å²) >= 11 is 0. The minimum Gasteiger partial charge on any atom is -0.373 e. The number of ether oxygens (including phenoxy) is 1. The number of carbonyl (C=O) groups excluding carboxylic acids is 1. The van der Waals surface area contributed by atoms with Crippen LogP contribution in [-0.2, 0) is 4.74 Å². The second-order valence-electron chi connectivity index (χ2n) is 7.38. The maximum Gasteiger partial charge on any atom is 0.319 e. The number of aromatic nitrogens is 1. The number of nitrogens with one attached hydrogen (secondary N) is 2. The van der Waals surface area contributed by atoms with E-state index in [1.165, 1.54) is 19.3 Å². The smallest absolute Gasteiger partial charge is 0.319 e. The lowest BCUT2D eigenvalue weighted by Gasteiger charge is -2.32. The Morgan fingerprint density at radius 1 is 1.20 bits per heavy atom. The second-order valence-corrected chi connectivity index (χ2v) is 7.38. The monoisotopic (exact) mass is 339 g/mol. The van der Waals surface area contributed by atoms with Crippen LogP contribution in [0, 0.1) is 6.92 Å². The van der Waals surface area contributed by atoms with Crippen molar-refractivity contribution in [3.63, 3.8) is 0 Å². The van der Waals surface area contributed by atoms with Crippen LogP contribution in [0.25, 0.3) is 10.9 Å². The quantitative estimate of drug-likeness (QED) is 0.864. The minimum atomic E-state index is -0.172. The molecule has 0 radical (unpaired) electrons. The summed E-state index contributed by atoms with van der Waals surface area (Å²) in [4.78, 5) is 17.0. The van der Waals surface area contributed by atoms with Gasteiger partial charge in [-0.2, -0.15) is 0 Å². The van der Waals surface area contributed by atoms with Crippen molar-refractivity contribution in [2.75, 3.05) is 11.9 Å². The molecule has 0 unspecified atom stereocenters. The molecule has 4 rings (SSSR count). The van der Waals surface area contributed by atoms with Crippen LogP contribution in [0.2, 0.25) is 0 Å². The van der Waals surface area contributed by atoms with Gasteiger partial charge in [0.25, 0.3) is 0 Å². The van der Waals surface area contributed by atoms with Crippen LogP contribution in [0.3, 0.4) is 0 Å². The van der Waals surface area contributed by atoms with E-state index in [2.05, 4.69) is 15.6 Å². The van der Waals surface area contributed by atoms with Crippen LogP contribution in [0.15, 0.2) is 30.3 Å². The van der Waals surface area contributed by atoms with Crippen LogP contribution < -0.4 is 10.6 Å². The number of aryl methyl sites for hydroxylation is 1. The van der Waals surface area contributed by atoms with E-state index in [0.29, 0.717) is 6.61 Å². The average molecular weight is 339 g/mol. The lowest BCUT2D eigenvalue weighted by molar-refractivity contribution is -0.0245. The molecule has 0 bridgehead atoms. The van der Waals surface area contributed by atoms with E-state index in [1.807, 2.05) is 37.3 Å². The summed E-state index contributed by atoms with van der Waals surface area (Å²) in [5.41, 5.74) is 2.66. The summed E-state index contributed by atoms with van der Waals surface area (Å²) in [5, 5.41) is 7.01. The van der Waals surface area contributed by atoms with Crippen LogP contribution in [0.1, 0.15) is 44.2 Å². The number of anilines is 1. The van der Waals surface area contributed by atoms with Crippen LogP contribution >= 0.6 is 0 Å². The maximum atomic E-state index is 12.5. The fraction of sp³-hybridized carbons (Fsp3) is 0.500. The van der Waals surface area contributed by atoms with Crippen molar-refractivity contribution in [2.24, 2.45) is 0 Å². The van der Waals surface area contributed by atoms with Gasteiger partial charge in [0.1, 0.15) is 0 Å². The molecule has 1 atom stereocenters. The number of hydrogen-bond acceptors (Lipinski definition) is 3. The Kier molecular flexibility index (Phi) is 4.34. The topological polar surface area (TPSA) is 63.2 Å². The minimum absolute atomic E-state index is 0.0110. The van der Waals surface area contributed by atoms with E-state index in [1.54, 1.807) is 0 Å². The number of rotatable bonds is 2. The van der Waals surface area contributed by atoms with Gasteiger partial charge in [-0.1, -0.05) is 25.3 Å². The van der Waals surface area contributed by atoms with Crippen LogP contribution in [0.5, 0.6) is 0 Å². The van der Waals surface area contributed by atoms with Gasteiger partial charge in [0.2, 0.25) is 0 Å². The predicted octanol–water partition coefficient (Wildman–Crippen LogP) is 4.16. The number of carbonyl (C=O) groups is 1. The molecule has 1 aromatic heterocycles. The van der Waals surface area contributed by atoms with E-state index in [0.717, 1.165) is 41.5 Å². The molecule has 2 fully saturated rings. The molecule has 1 saturated heterocycles. The van der Waals surface area contributed by atoms with Crippen LogP contribution in [-0.4, -0.2) is 29.3 Å². The molecule has 25 heavy (non-hydrogen) atoms. The van der Waals surface area contributed by atoms with Gasteiger partial charge in [-0.25, -0.2) is 4.79 Å². The van der Waals surface area contributed by atoms with Gasteiger partial charge < -0.3 is 15.4 Å². The van der Waals surface area contributed by atoms with E-state index in [9.17, 15) is 4.79 Å². The number of amides is 2. The normalized spacial score (nSPS) is 22.2. The average Bonchev–Trinajstić information content (AvgIpc) is 2.97. The predicted molar refractivity (Wildman–Crippen MR) is 98.8 cm³/mol. The molecular weight excluding hydrogens is 314 g/mol. The summed E-state index contributed by atoms with van der Waals surface area (Å²) in [6, 6.07) is 9.67. The zero-order chi connectivity index (χ0) is 17.3. The number of pyridine rings is 1. The first-order chi connectivity index (χ1) is 12.1. The van der Waals surface area contributed by atoms with Crippen molar-refractivity contribution in [3.05, 3.63) is 36.0 Å². The first kappa shape index (κ1) is 16.3. The molecule has 2 amide bonds. The Balaban J connectivity index is 1.41. The maximum absolute atomic E-state index is 12.5. The summed E-state index contributed by atoms with van der Waals surface area (Å²) in [5.74, 6) is 0. The van der Waals surface area contributed by atoms with Gasteiger partial charge in [-0.05, 0) is 50.5 Å². The number of urea groups is 1. The molecule has 5 heteroatoms. The van der Waals surface area contributed by atoms with Crippen molar-refractivity contribution in [1.29, 1.82) is 0 Å². The zero-order valence-electron chi connectivity index (χ0n) is 14.7. The highest BCUT2D eigenvalue weighted by Crippen LogP contribution is 2.39. The zero-order valence-corrected chi connectivity index (χ0v) is 14.7. The Bertz CT molecular complexity index is 784. The lowest BCUT2D eigenvalue weighted by Crippen LogP contribution is -2.39. The van der Waals surface area contributed by atoms with Crippen molar-refractivity contribution in [1.82, 2.24) is 10.3 Å². The molecule has 2 heterocycles. The van der Waals surface area contributed by atoms with Crippen molar-refractivity contribution < 1.29 is 9.53 Å². The summed E-state index contributed by atoms with van der Waals surface area (Å²) < 4.78 is 6.08. The van der Waals surface area contributed by atoms with E-state index < -0.39 is 0 Å². The molecule has 1 aliphatic carbocycles. The highest BCUT2D eigenvalue weighted by atomic mass is 16.5. The third kappa shape index (κ3) is 3.47. The Morgan fingerprint density at radius 3 is 2.88 bits per heavy atom. The molecule has 2 N–H and O–H groups in total. The third-order valence-corrected chi connectivity index (χ3v) is 5.43. The molecule has 2 aliphatic rings. The lowest BCUT2D eigenvalue weighted by atomic mass is 9.82. The third-order valence-electron chi connectivity index (χ3n) is 5.43. The molecule has 5 nitrogen and oxygen atoms in total. The van der Waals surface area contributed by atoms with E-state index >= 15 is 0 Å². The Labute approximate surface area is 148 Å². The van der Waals surface area contributed by atoms with E-state index in [-0.39, 0.29) is 17.7 Å². The van der Waals surface area contributed by atoms with E-state index in [4.69, 9.17) is 4.74 Å². The number of benzene rings is 1. The van der Waals surface area contributed by atoms with Crippen molar-refractivity contribution in [2.45, 2.75) is 57.1 Å². The van der Waals surface area contributed by atoms with Gasteiger partial charge in [-0.15, -0.1) is 0 Å². The van der Waals surface area contributed by atoms with Gasteiger partial charge in [0, 0.05) is 11.1 Å². The first-order valence-electron chi connectivity index (χ1n) is 9.21. The summed E-state index contributed by atoms with van der Waals surface area (Å²) in [6.45, 7) is 2.58. The van der Waals surface area contributed by atoms with Gasteiger partial charge in [0.05, 0.1) is 29.5 Å². The standard InChI is InChI=1S/C20H25N3O2/c1-14-8-9-16-17(21-14)6-5-7-18(16)23-19(24)22-15-12-20(25-13-15)10-3-2-4-11-20/h5-9,15H,2-4,10-13H2,1H3,(H2,22,23,24)/t15-/m1/s1. The van der Waals surface area contributed by atoms with Crippen molar-refractivity contribution >= 4 is 22.6 Å². The highest BCUT2D eigenvalue weighted by Gasteiger charge is 2.41. The molecule has 1 spiro atoms. The Hall–Kier alpha value is -2.14. The summed E-state index contributed by atoms with van der Waals surface area (Å²) in [6.07, 6.45) is 6.96. The fourth-order valence-corrected chi connectivity index (χ4v) is 4.19. The molecule has 1 saturated carbocycles. The number of fused-ring (bicyclic) bond motifs is 1. The number of nitrogens with zero attached hydrogens (tertiary/aromatic N) is 1. The molecule has 1 aliphatic heterocycles. The van der Waals surface area contributed by atoms with Gasteiger partial charge in [0.15, 0.2) is 0 Å². The highest BCUT2D eigenvalue weighted by molar-refractivity contribution is 6.00. The van der Waals surface area contributed by atoms with Crippen LogP contribution in [0.4, 0.5) is 10.5 Å². The largest absolute Gasteiger partial charge is 0.373 e. The Morgan fingerprint density at radius 2 is 2.04 bits per heavy atom. The fourth-order valence-electron chi connectivity index (χ4n) is 4.19. The second kappa shape index (κ2) is 6.64. The molecule has 132 valence electrons. The number of hydrogen-bond donors (Lipinski definition) is 2. The van der Waals surface area contributed by atoms with Crippen molar-refractivity contribution in [3.8, 4) is 0 Å². The SMILES string of the molecule is Cc1ccc2c(NC(=O)N[C@H]3COC4(CCCCC4)C3)cccc2n1.